The highest BCUT2D eigenvalue weighted by molar-refractivity contribution is 5.86. The van der Waals surface area contributed by atoms with Gasteiger partial charge in [0.15, 0.2) is 0 Å². The third-order valence-corrected chi connectivity index (χ3v) is 3.49. The molecule has 0 aromatic heterocycles. The average molecular weight is 257 g/mol. The summed E-state index contributed by atoms with van der Waals surface area (Å²) in [5.74, 6) is -0.947. The summed E-state index contributed by atoms with van der Waals surface area (Å²) in [5.41, 5.74) is 1.58. The number of carbonyl (C=O) groups is 2. The van der Waals surface area contributed by atoms with Gasteiger partial charge in [0.05, 0.1) is 13.2 Å². The molecule has 3 N–H and O–H groups in total. The molecule has 7 nitrogen and oxygen atoms in total. The van der Waals surface area contributed by atoms with Crippen LogP contribution in [0, 0.1) is 0 Å². The lowest BCUT2D eigenvalue weighted by atomic mass is 9.98. The third-order valence-electron chi connectivity index (χ3n) is 3.49. The highest BCUT2D eigenvalue weighted by Crippen LogP contribution is 2.29. The lowest BCUT2D eigenvalue weighted by Gasteiger charge is -2.30. The van der Waals surface area contributed by atoms with Gasteiger partial charge in [-0.1, -0.05) is 12.8 Å². The number of hydrogen-bond donors (Lipinski definition) is 3. The number of carboxylic acids is 1. The number of carboxylic acid groups (broad SMARTS) is 1. The fraction of sp³-hybridized carbons (Fsp3) is 0.818. The lowest BCUT2D eigenvalue weighted by molar-refractivity contribution is -0.144. The van der Waals surface area contributed by atoms with Crippen LogP contribution in [0.2, 0.25) is 0 Å². The van der Waals surface area contributed by atoms with Crippen LogP contribution < -0.4 is 10.7 Å². The van der Waals surface area contributed by atoms with Crippen LogP contribution in [0.5, 0.6) is 0 Å². The number of morpholine rings is 1. The van der Waals surface area contributed by atoms with Crippen LogP contribution in [-0.4, -0.2) is 54.0 Å². The van der Waals surface area contributed by atoms with E-state index in [2.05, 4.69) is 10.7 Å². The van der Waals surface area contributed by atoms with Gasteiger partial charge in [-0.15, -0.1) is 0 Å². The van der Waals surface area contributed by atoms with Gasteiger partial charge in [-0.05, 0) is 12.8 Å². The minimum atomic E-state index is -1.09. The van der Waals surface area contributed by atoms with E-state index >= 15 is 0 Å². The summed E-state index contributed by atoms with van der Waals surface area (Å²) >= 11 is 0. The number of amides is 2. The second-order valence-corrected chi connectivity index (χ2v) is 4.76. The zero-order chi connectivity index (χ0) is 13.0. The van der Waals surface area contributed by atoms with Crippen LogP contribution in [0.25, 0.3) is 0 Å². The number of carbonyl (C=O) groups excluding carboxylic acids is 1. The number of rotatable bonds is 3. The summed E-state index contributed by atoms with van der Waals surface area (Å²) in [6.07, 6.45) is 2.67. The third kappa shape index (κ3) is 2.91. The standard InChI is InChI=1S/C11H19N3O4/c15-9(16)11(3-1-2-4-11)12-10(17)13-14-5-7-18-8-6-14/h1-8H2,(H,15,16)(H2,12,13,17). The minimum absolute atomic E-state index is 0.443. The maximum absolute atomic E-state index is 11.8. The topological polar surface area (TPSA) is 90.9 Å². The Hall–Kier alpha value is -1.34. The molecule has 0 radical (unpaired) electrons. The van der Waals surface area contributed by atoms with Gasteiger partial charge in [0.2, 0.25) is 0 Å². The minimum Gasteiger partial charge on any atom is -0.480 e. The Morgan fingerprint density at radius 1 is 1.17 bits per heavy atom. The SMILES string of the molecule is O=C(NN1CCOCC1)NC1(C(=O)O)CCCC1. The van der Waals surface area contributed by atoms with E-state index < -0.39 is 17.5 Å². The van der Waals surface area contributed by atoms with E-state index in [1.165, 1.54) is 0 Å². The smallest absolute Gasteiger partial charge is 0.330 e. The number of urea groups is 1. The Bertz CT molecular complexity index is 322. The molecule has 2 rings (SSSR count). The first-order valence-corrected chi connectivity index (χ1v) is 6.27. The Morgan fingerprint density at radius 3 is 2.33 bits per heavy atom. The van der Waals surface area contributed by atoms with Gasteiger partial charge < -0.3 is 15.2 Å². The van der Waals surface area contributed by atoms with E-state index in [0.717, 1.165) is 12.8 Å². The molecule has 0 bridgehead atoms. The molecule has 18 heavy (non-hydrogen) atoms. The van der Waals surface area contributed by atoms with Crippen LogP contribution in [0.15, 0.2) is 0 Å². The maximum Gasteiger partial charge on any atom is 0.330 e. The zero-order valence-corrected chi connectivity index (χ0v) is 10.3. The molecular formula is C11H19N3O4. The molecule has 1 aliphatic heterocycles. The van der Waals surface area contributed by atoms with Crippen molar-refractivity contribution < 1.29 is 19.4 Å². The van der Waals surface area contributed by atoms with Gasteiger partial charge in [-0.25, -0.2) is 14.6 Å². The van der Waals surface area contributed by atoms with Crippen LogP contribution in [0.3, 0.4) is 0 Å². The molecule has 0 unspecified atom stereocenters. The van der Waals surface area contributed by atoms with Crippen LogP contribution in [-0.2, 0) is 9.53 Å². The van der Waals surface area contributed by atoms with Crippen molar-refractivity contribution in [1.82, 2.24) is 15.8 Å². The molecule has 2 aliphatic rings. The molecule has 1 saturated heterocycles. The largest absolute Gasteiger partial charge is 0.480 e. The maximum atomic E-state index is 11.8. The molecule has 1 saturated carbocycles. The Morgan fingerprint density at radius 2 is 1.78 bits per heavy atom. The number of nitrogens with zero attached hydrogens (tertiary/aromatic N) is 1. The molecule has 0 aromatic rings. The van der Waals surface area contributed by atoms with Crippen molar-refractivity contribution in [3.05, 3.63) is 0 Å². The summed E-state index contributed by atoms with van der Waals surface area (Å²) in [5, 5.41) is 13.6. The summed E-state index contributed by atoms with van der Waals surface area (Å²) < 4.78 is 5.17. The lowest BCUT2D eigenvalue weighted by Crippen LogP contribution is -2.59. The van der Waals surface area contributed by atoms with E-state index in [9.17, 15) is 14.7 Å². The molecule has 102 valence electrons. The molecule has 2 amide bonds. The van der Waals surface area contributed by atoms with Crippen molar-refractivity contribution in [2.45, 2.75) is 31.2 Å². The van der Waals surface area contributed by atoms with Crippen molar-refractivity contribution in [3.63, 3.8) is 0 Å². The second-order valence-electron chi connectivity index (χ2n) is 4.76. The van der Waals surface area contributed by atoms with E-state index in [-0.39, 0.29) is 0 Å². The van der Waals surface area contributed by atoms with Crippen molar-refractivity contribution in [2.75, 3.05) is 26.3 Å². The first-order valence-electron chi connectivity index (χ1n) is 6.27. The van der Waals surface area contributed by atoms with Crippen molar-refractivity contribution >= 4 is 12.0 Å². The normalized spacial score (nSPS) is 23.6. The van der Waals surface area contributed by atoms with Gasteiger partial charge in [-0.2, -0.15) is 0 Å². The predicted octanol–water partition coefficient (Wildman–Crippen LogP) is -0.0698. The first kappa shape index (κ1) is 13.1. The van der Waals surface area contributed by atoms with Crippen LogP contribution >= 0.6 is 0 Å². The first-order chi connectivity index (χ1) is 8.62. The Labute approximate surface area is 105 Å². The molecule has 0 aromatic carbocycles. The predicted molar refractivity (Wildman–Crippen MR) is 62.9 cm³/mol. The van der Waals surface area contributed by atoms with Crippen molar-refractivity contribution in [3.8, 4) is 0 Å². The summed E-state index contributed by atoms with van der Waals surface area (Å²) in [7, 11) is 0. The molecule has 1 aliphatic carbocycles. The summed E-state index contributed by atoms with van der Waals surface area (Å²) in [6, 6.07) is -0.443. The van der Waals surface area contributed by atoms with Crippen molar-refractivity contribution in [1.29, 1.82) is 0 Å². The summed E-state index contributed by atoms with van der Waals surface area (Å²) in [6.45, 7) is 2.38. The number of hydrazine groups is 1. The molecule has 2 fully saturated rings. The van der Waals surface area contributed by atoms with Crippen molar-refractivity contribution in [2.24, 2.45) is 0 Å². The monoisotopic (exact) mass is 257 g/mol. The number of hydrogen-bond acceptors (Lipinski definition) is 4. The van der Waals surface area contributed by atoms with Crippen LogP contribution in [0.4, 0.5) is 4.79 Å². The molecule has 7 heteroatoms. The highest BCUT2D eigenvalue weighted by Gasteiger charge is 2.42. The van der Waals surface area contributed by atoms with E-state index in [0.29, 0.717) is 39.1 Å². The highest BCUT2D eigenvalue weighted by atomic mass is 16.5. The summed E-state index contributed by atoms with van der Waals surface area (Å²) in [4.78, 5) is 23.1. The fourth-order valence-electron chi connectivity index (χ4n) is 2.43. The fourth-order valence-corrected chi connectivity index (χ4v) is 2.43. The Kier molecular flexibility index (Phi) is 4.03. The van der Waals surface area contributed by atoms with Gasteiger partial charge in [0.25, 0.3) is 0 Å². The quantitative estimate of drug-likeness (QED) is 0.658. The van der Waals surface area contributed by atoms with E-state index in [4.69, 9.17) is 4.74 Å². The zero-order valence-electron chi connectivity index (χ0n) is 10.3. The number of nitrogens with one attached hydrogen (secondary N) is 2. The molecule has 1 heterocycles. The molecular weight excluding hydrogens is 238 g/mol. The van der Waals surface area contributed by atoms with Gasteiger partial charge in [-0.3, -0.25) is 5.43 Å². The number of ether oxygens (including phenoxy) is 1. The molecule has 0 atom stereocenters. The van der Waals surface area contributed by atoms with E-state index in [1.54, 1.807) is 5.01 Å². The van der Waals surface area contributed by atoms with Gasteiger partial charge in [0.1, 0.15) is 5.54 Å². The second kappa shape index (κ2) is 5.53. The molecule has 0 spiro atoms. The van der Waals surface area contributed by atoms with Gasteiger partial charge >= 0.3 is 12.0 Å². The Balaban J connectivity index is 1.87. The van der Waals surface area contributed by atoms with E-state index in [1.807, 2.05) is 0 Å². The van der Waals surface area contributed by atoms with Crippen LogP contribution in [0.1, 0.15) is 25.7 Å². The number of aliphatic carboxylic acids is 1. The average Bonchev–Trinajstić information content (AvgIpc) is 2.80. The van der Waals surface area contributed by atoms with Gasteiger partial charge in [0, 0.05) is 13.1 Å².